The van der Waals surface area contributed by atoms with Crippen molar-refractivity contribution in [1.82, 2.24) is 34.9 Å². The van der Waals surface area contributed by atoms with E-state index in [4.69, 9.17) is 0 Å². The van der Waals surface area contributed by atoms with Crippen molar-refractivity contribution in [2.24, 2.45) is 0 Å². The molecule has 2 amide bonds. The van der Waals surface area contributed by atoms with Crippen LogP contribution in [0.25, 0.3) is 33.1 Å². The lowest BCUT2D eigenvalue weighted by Crippen LogP contribution is -2.47. The molecule has 5 heterocycles. The Morgan fingerprint density at radius 3 is 2.76 bits per heavy atom. The summed E-state index contributed by atoms with van der Waals surface area (Å²) in [6.45, 7) is 5.21. The van der Waals surface area contributed by atoms with Gasteiger partial charge in [-0.2, -0.15) is 5.10 Å². The molecular weight excluding hydrogens is 468 g/mol. The largest absolute Gasteiger partial charge is 0.346 e. The van der Waals surface area contributed by atoms with Crippen LogP contribution in [-0.4, -0.2) is 72.9 Å². The average molecular weight is 495 g/mol. The molecule has 186 valence electrons. The first-order chi connectivity index (χ1) is 18.0. The van der Waals surface area contributed by atoms with E-state index < -0.39 is 0 Å². The quantitative estimate of drug-likeness (QED) is 0.344. The first-order valence-corrected chi connectivity index (χ1v) is 12.2. The summed E-state index contributed by atoms with van der Waals surface area (Å²) >= 11 is 0. The highest BCUT2D eigenvalue weighted by Gasteiger charge is 2.20. The minimum absolute atomic E-state index is 0.105. The van der Waals surface area contributed by atoms with Crippen LogP contribution in [0.2, 0.25) is 0 Å². The fourth-order valence-corrected chi connectivity index (χ4v) is 4.85. The van der Waals surface area contributed by atoms with E-state index in [1.807, 2.05) is 47.5 Å². The average Bonchev–Trinajstić information content (AvgIpc) is 3.59. The Hall–Kier alpha value is -4.57. The number of aromatic nitrogens is 5. The van der Waals surface area contributed by atoms with Crippen molar-refractivity contribution in [2.45, 2.75) is 13.5 Å². The molecule has 10 nitrogen and oxygen atoms in total. The molecule has 1 fully saturated rings. The molecule has 0 spiro atoms. The highest BCUT2D eigenvalue weighted by Crippen LogP contribution is 2.33. The number of nitrogens with zero attached hydrogens (tertiary/aromatic N) is 5. The van der Waals surface area contributed by atoms with Gasteiger partial charge < -0.3 is 15.2 Å². The maximum atomic E-state index is 13.3. The Morgan fingerprint density at radius 1 is 1.05 bits per heavy atom. The van der Waals surface area contributed by atoms with E-state index in [1.165, 1.54) is 0 Å². The fourth-order valence-electron chi connectivity index (χ4n) is 4.85. The van der Waals surface area contributed by atoms with Crippen LogP contribution in [0.4, 0.5) is 5.69 Å². The second-order valence-electron chi connectivity index (χ2n) is 9.20. The summed E-state index contributed by atoms with van der Waals surface area (Å²) in [5.41, 5.74) is 5.38. The van der Waals surface area contributed by atoms with Crippen LogP contribution in [0, 0.1) is 0 Å². The van der Waals surface area contributed by atoms with E-state index in [9.17, 15) is 9.59 Å². The van der Waals surface area contributed by atoms with Crippen molar-refractivity contribution in [1.29, 1.82) is 0 Å². The van der Waals surface area contributed by atoms with Gasteiger partial charge in [-0.05, 0) is 47.5 Å². The van der Waals surface area contributed by atoms with E-state index in [-0.39, 0.29) is 11.8 Å². The Labute approximate surface area is 212 Å². The van der Waals surface area contributed by atoms with Crippen LogP contribution < -0.4 is 5.32 Å². The summed E-state index contributed by atoms with van der Waals surface area (Å²) in [6, 6.07) is 13.4. The Kier molecular flexibility index (Phi) is 5.85. The predicted octanol–water partition coefficient (Wildman–Crippen LogP) is 3.42. The molecule has 5 aromatic rings. The summed E-state index contributed by atoms with van der Waals surface area (Å²) < 4.78 is 0. The van der Waals surface area contributed by atoms with Gasteiger partial charge in [-0.1, -0.05) is 6.07 Å². The van der Waals surface area contributed by atoms with E-state index in [2.05, 4.69) is 35.4 Å². The highest BCUT2D eigenvalue weighted by atomic mass is 16.2. The minimum Gasteiger partial charge on any atom is -0.346 e. The lowest BCUT2D eigenvalue weighted by atomic mass is 10.0. The Balaban J connectivity index is 1.24. The molecule has 0 atom stereocenters. The summed E-state index contributed by atoms with van der Waals surface area (Å²) in [5.74, 6) is -0.182. The van der Waals surface area contributed by atoms with Crippen molar-refractivity contribution in [3.8, 4) is 11.1 Å². The van der Waals surface area contributed by atoms with Crippen LogP contribution >= 0.6 is 0 Å². The number of carbonyl (C=O) groups is 2. The van der Waals surface area contributed by atoms with Gasteiger partial charge in [0.2, 0.25) is 5.91 Å². The van der Waals surface area contributed by atoms with Crippen molar-refractivity contribution >= 4 is 39.4 Å². The molecule has 1 saturated heterocycles. The Bertz CT molecular complexity index is 1610. The summed E-state index contributed by atoms with van der Waals surface area (Å²) in [7, 11) is 0. The number of carbonyl (C=O) groups excluding carboxylic acids is 2. The zero-order valence-corrected chi connectivity index (χ0v) is 20.4. The van der Waals surface area contributed by atoms with Gasteiger partial charge in [0.25, 0.3) is 5.91 Å². The van der Waals surface area contributed by atoms with E-state index in [0.717, 1.165) is 51.8 Å². The summed E-state index contributed by atoms with van der Waals surface area (Å²) in [4.78, 5) is 41.1. The number of piperazine rings is 1. The number of hydrogen-bond acceptors (Lipinski definition) is 6. The first-order valence-electron chi connectivity index (χ1n) is 12.2. The molecule has 6 rings (SSSR count). The van der Waals surface area contributed by atoms with Crippen LogP contribution in [-0.2, 0) is 11.3 Å². The van der Waals surface area contributed by atoms with Gasteiger partial charge in [0.15, 0.2) is 0 Å². The van der Waals surface area contributed by atoms with Gasteiger partial charge in [-0.3, -0.25) is 19.6 Å². The molecule has 1 aliphatic heterocycles. The number of benzene rings is 1. The first kappa shape index (κ1) is 22.9. The number of rotatable bonds is 5. The van der Waals surface area contributed by atoms with Crippen LogP contribution in [0.3, 0.4) is 0 Å². The molecule has 3 N–H and O–H groups in total. The van der Waals surface area contributed by atoms with Crippen molar-refractivity contribution < 1.29 is 9.59 Å². The maximum absolute atomic E-state index is 13.3. The normalized spacial score (nSPS) is 14.4. The van der Waals surface area contributed by atoms with Gasteiger partial charge in [0.1, 0.15) is 11.3 Å². The smallest absolute Gasteiger partial charge is 0.274 e. The minimum atomic E-state index is -0.288. The van der Waals surface area contributed by atoms with E-state index in [1.54, 1.807) is 25.4 Å². The lowest BCUT2D eigenvalue weighted by molar-refractivity contribution is -0.130. The molecule has 0 aliphatic carbocycles. The SMILES string of the molecule is CC(=O)N1CCN(Cc2cccc(C(=O)Nc3cc(-c4ccnc5[nH]ccc45)cc4[nH]ncc34)n2)CC1. The molecule has 10 heteroatoms. The number of anilines is 1. The number of amides is 2. The number of nitrogens with one attached hydrogen (secondary N) is 3. The molecule has 1 aromatic carbocycles. The third-order valence-corrected chi connectivity index (χ3v) is 6.82. The van der Waals surface area contributed by atoms with Gasteiger partial charge >= 0.3 is 0 Å². The standard InChI is InChI=1S/C27H26N8O2/c1-17(36)35-11-9-34(10-12-35)16-19-3-2-4-23(31-19)27(37)32-24-13-18(14-25-22(24)15-30-33-25)20-5-7-28-26-21(20)6-8-29-26/h2-8,13-15H,9-12,16H2,1H3,(H,28,29)(H,30,33)(H,32,37). The van der Waals surface area contributed by atoms with Gasteiger partial charge in [-0.15, -0.1) is 0 Å². The summed E-state index contributed by atoms with van der Waals surface area (Å²) in [6.07, 6.45) is 5.33. The zero-order chi connectivity index (χ0) is 25.4. The van der Waals surface area contributed by atoms with Crippen LogP contribution in [0.5, 0.6) is 0 Å². The highest BCUT2D eigenvalue weighted by molar-refractivity contribution is 6.09. The van der Waals surface area contributed by atoms with Gasteiger partial charge in [-0.25, -0.2) is 9.97 Å². The summed E-state index contributed by atoms with van der Waals surface area (Å²) in [5, 5.41) is 12.1. The van der Waals surface area contributed by atoms with Crippen LogP contribution in [0.1, 0.15) is 23.1 Å². The monoisotopic (exact) mass is 494 g/mol. The van der Waals surface area contributed by atoms with E-state index in [0.29, 0.717) is 31.0 Å². The van der Waals surface area contributed by atoms with Crippen molar-refractivity contribution in [3.63, 3.8) is 0 Å². The second-order valence-corrected chi connectivity index (χ2v) is 9.20. The zero-order valence-electron chi connectivity index (χ0n) is 20.4. The number of hydrogen-bond donors (Lipinski definition) is 3. The molecule has 0 saturated carbocycles. The third-order valence-electron chi connectivity index (χ3n) is 6.82. The third kappa shape index (κ3) is 4.54. The van der Waals surface area contributed by atoms with Crippen LogP contribution in [0.15, 0.2) is 61.1 Å². The van der Waals surface area contributed by atoms with E-state index >= 15 is 0 Å². The van der Waals surface area contributed by atoms with Crippen molar-refractivity contribution in [2.75, 3.05) is 31.5 Å². The fraction of sp³-hybridized carbons (Fsp3) is 0.222. The Morgan fingerprint density at radius 2 is 1.92 bits per heavy atom. The molecule has 37 heavy (non-hydrogen) atoms. The van der Waals surface area contributed by atoms with Gasteiger partial charge in [0, 0.05) is 62.8 Å². The maximum Gasteiger partial charge on any atom is 0.274 e. The molecule has 0 bridgehead atoms. The van der Waals surface area contributed by atoms with Crippen molar-refractivity contribution in [3.05, 3.63) is 72.4 Å². The number of H-pyrrole nitrogens is 2. The molecule has 1 aliphatic rings. The van der Waals surface area contributed by atoms with Gasteiger partial charge in [0.05, 0.1) is 23.1 Å². The number of aromatic amines is 2. The number of pyridine rings is 2. The molecular formula is C27H26N8O2. The molecule has 0 radical (unpaired) electrons. The molecule has 4 aromatic heterocycles. The second kappa shape index (κ2) is 9.47. The molecule has 0 unspecified atom stereocenters. The number of fused-ring (bicyclic) bond motifs is 2. The topological polar surface area (TPSA) is 123 Å². The lowest BCUT2D eigenvalue weighted by Gasteiger charge is -2.33. The predicted molar refractivity (Wildman–Crippen MR) is 141 cm³/mol.